The molecular formula is C9H9NO5. The number of nitrogens with two attached hydrogens (primary N) is 1. The van der Waals surface area contributed by atoms with Crippen LogP contribution in [0.1, 0.15) is 28.0 Å². The van der Waals surface area contributed by atoms with E-state index in [-0.39, 0.29) is 11.5 Å². The molecule has 1 rings (SSSR count). The molecule has 0 saturated carbocycles. The summed E-state index contributed by atoms with van der Waals surface area (Å²) >= 11 is 0. The van der Waals surface area contributed by atoms with Crippen molar-refractivity contribution in [2.75, 3.05) is 0 Å². The molecule has 0 aliphatic carbocycles. The molecule has 1 heterocycles. The third-order valence-electron chi connectivity index (χ3n) is 1.51. The first-order chi connectivity index (χ1) is 7.04. The number of carbonyl (C=O) groups is 3. The van der Waals surface area contributed by atoms with E-state index in [0.29, 0.717) is 6.29 Å². The third kappa shape index (κ3) is 2.75. The fourth-order valence-corrected chi connectivity index (χ4v) is 0.760. The molecule has 15 heavy (non-hydrogen) atoms. The van der Waals surface area contributed by atoms with Crippen LogP contribution in [-0.4, -0.2) is 24.3 Å². The molecule has 0 radical (unpaired) electrons. The third-order valence-corrected chi connectivity index (χ3v) is 1.51. The van der Waals surface area contributed by atoms with Gasteiger partial charge in [-0.2, -0.15) is 0 Å². The minimum atomic E-state index is -0.967. The Morgan fingerprint density at radius 1 is 1.53 bits per heavy atom. The van der Waals surface area contributed by atoms with Gasteiger partial charge in [-0.05, 0) is 19.1 Å². The lowest BCUT2D eigenvalue weighted by atomic mass is 10.4. The van der Waals surface area contributed by atoms with Crippen LogP contribution in [0.3, 0.4) is 0 Å². The van der Waals surface area contributed by atoms with E-state index in [1.807, 2.05) is 0 Å². The first kappa shape index (κ1) is 11.1. The average molecular weight is 211 g/mol. The summed E-state index contributed by atoms with van der Waals surface area (Å²) in [4.78, 5) is 32.3. The fourth-order valence-electron chi connectivity index (χ4n) is 0.760. The lowest BCUT2D eigenvalue weighted by Gasteiger charge is -2.02. The highest BCUT2D eigenvalue weighted by Crippen LogP contribution is 2.07. The molecule has 6 heteroatoms. The van der Waals surface area contributed by atoms with Crippen molar-refractivity contribution in [2.24, 2.45) is 5.73 Å². The Morgan fingerprint density at radius 3 is 2.67 bits per heavy atom. The number of hydrogen-bond donors (Lipinski definition) is 1. The van der Waals surface area contributed by atoms with Crippen LogP contribution in [0.25, 0.3) is 0 Å². The molecule has 0 aromatic carbocycles. The predicted octanol–water partition coefficient (Wildman–Crippen LogP) is 0.123. The molecule has 0 amide bonds. The SMILES string of the molecule is CC(N)C(=O)OC(=O)c1ccc(C=O)o1. The van der Waals surface area contributed by atoms with Gasteiger partial charge in [0.2, 0.25) is 5.76 Å². The molecule has 6 nitrogen and oxygen atoms in total. The van der Waals surface area contributed by atoms with Crippen molar-refractivity contribution < 1.29 is 23.5 Å². The second kappa shape index (κ2) is 4.52. The number of rotatable bonds is 3. The molecule has 0 aliphatic rings. The standard InChI is InChI=1S/C9H9NO5/c1-5(10)8(12)15-9(13)7-3-2-6(4-11)14-7/h2-5H,10H2,1H3. The molecule has 1 aromatic heterocycles. The second-order valence-corrected chi connectivity index (χ2v) is 2.82. The van der Waals surface area contributed by atoms with Crippen LogP contribution in [0.5, 0.6) is 0 Å². The van der Waals surface area contributed by atoms with E-state index < -0.39 is 18.0 Å². The molecule has 1 unspecified atom stereocenters. The van der Waals surface area contributed by atoms with Gasteiger partial charge in [0.25, 0.3) is 0 Å². The molecule has 1 aromatic rings. The quantitative estimate of drug-likeness (QED) is 0.433. The number of hydrogen-bond acceptors (Lipinski definition) is 6. The Hall–Kier alpha value is -1.95. The van der Waals surface area contributed by atoms with Crippen molar-refractivity contribution in [3.8, 4) is 0 Å². The van der Waals surface area contributed by atoms with Gasteiger partial charge in [0, 0.05) is 0 Å². The van der Waals surface area contributed by atoms with Gasteiger partial charge in [-0.15, -0.1) is 0 Å². The molecule has 0 aliphatic heterocycles. The van der Waals surface area contributed by atoms with Crippen molar-refractivity contribution in [1.29, 1.82) is 0 Å². The van der Waals surface area contributed by atoms with Gasteiger partial charge in [-0.1, -0.05) is 0 Å². The lowest BCUT2D eigenvalue weighted by Crippen LogP contribution is -2.30. The Kier molecular flexibility index (Phi) is 3.35. The van der Waals surface area contributed by atoms with Crippen LogP contribution in [0.2, 0.25) is 0 Å². The maximum Gasteiger partial charge on any atom is 0.381 e. The molecule has 0 bridgehead atoms. The first-order valence-corrected chi connectivity index (χ1v) is 4.11. The maximum absolute atomic E-state index is 11.2. The zero-order valence-corrected chi connectivity index (χ0v) is 7.93. The topological polar surface area (TPSA) is 99.6 Å². The van der Waals surface area contributed by atoms with Gasteiger partial charge in [0.15, 0.2) is 12.0 Å². The Morgan fingerprint density at radius 2 is 2.20 bits per heavy atom. The van der Waals surface area contributed by atoms with Gasteiger partial charge in [0.05, 0.1) is 0 Å². The molecule has 0 saturated heterocycles. The normalized spacial score (nSPS) is 11.9. The number of carbonyl (C=O) groups excluding carboxylic acids is 3. The lowest BCUT2D eigenvalue weighted by molar-refractivity contribution is -0.139. The first-order valence-electron chi connectivity index (χ1n) is 4.11. The molecular weight excluding hydrogens is 202 g/mol. The highest BCUT2D eigenvalue weighted by molar-refractivity contribution is 5.96. The summed E-state index contributed by atoms with van der Waals surface area (Å²) in [6.45, 7) is 1.38. The van der Waals surface area contributed by atoms with E-state index in [4.69, 9.17) is 10.2 Å². The largest absolute Gasteiger partial charge is 0.446 e. The second-order valence-electron chi connectivity index (χ2n) is 2.82. The van der Waals surface area contributed by atoms with Crippen LogP contribution in [0.4, 0.5) is 0 Å². The van der Waals surface area contributed by atoms with Crippen LogP contribution in [0.15, 0.2) is 16.5 Å². The fraction of sp³-hybridized carbons (Fsp3) is 0.222. The van der Waals surface area contributed by atoms with Crippen LogP contribution in [0, 0.1) is 0 Å². The zero-order chi connectivity index (χ0) is 11.4. The summed E-state index contributed by atoms with van der Waals surface area (Å²) in [5.74, 6) is -2.06. The highest BCUT2D eigenvalue weighted by Gasteiger charge is 2.19. The van der Waals surface area contributed by atoms with Crippen molar-refractivity contribution in [1.82, 2.24) is 0 Å². The van der Waals surface area contributed by atoms with Crippen LogP contribution in [-0.2, 0) is 9.53 Å². The van der Waals surface area contributed by atoms with Crippen molar-refractivity contribution >= 4 is 18.2 Å². The molecule has 80 valence electrons. The minimum Gasteiger partial charge on any atom is -0.446 e. The zero-order valence-electron chi connectivity index (χ0n) is 7.93. The van der Waals surface area contributed by atoms with E-state index in [0.717, 1.165) is 0 Å². The number of esters is 2. The van der Waals surface area contributed by atoms with E-state index in [9.17, 15) is 14.4 Å². The summed E-state index contributed by atoms with van der Waals surface area (Å²) in [6.07, 6.45) is 0.435. The Bertz CT molecular complexity index is 393. The van der Waals surface area contributed by atoms with E-state index in [1.165, 1.54) is 19.1 Å². The Balaban J connectivity index is 2.69. The Labute approximate surface area is 85.0 Å². The highest BCUT2D eigenvalue weighted by atomic mass is 16.6. The predicted molar refractivity (Wildman–Crippen MR) is 48.2 cm³/mol. The van der Waals surface area contributed by atoms with E-state index in [1.54, 1.807) is 0 Å². The van der Waals surface area contributed by atoms with Crippen molar-refractivity contribution in [3.63, 3.8) is 0 Å². The van der Waals surface area contributed by atoms with Gasteiger partial charge < -0.3 is 14.9 Å². The van der Waals surface area contributed by atoms with Crippen LogP contribution >= 0.6 is 0 Å². The van der Waals surface area contributed by atoms with Gasteiger partial charge in [-0.3, -0.25) is 4.79 Å². The summed E-state index contributed by atoms with van der Waals surface area (Å²) in [6, 6.07) is 1.63. The smallest absolute Gasteiger partial charge is 0.381 e. The van der Waals surface area contributed by atoms with Crippen molar-refractivity contribution in [3.05, 3.63) is 23.7 Å². The van der Waals surface area contributed by atoms with Gasteiger partial charge in [0.1, 0.15) is 6.04 Å². The summed E-state index contributed by atoms with van der Waals surface area (Å²) in [7, 11) is 0. The van der Waals surface area contributed by atoms with Gasteiger partial charge in [-0.25, -0.2) is 9.59 Å². The number of ether oxygens (including phenoxy) is 1. The summed E-state index contributed by atoms with van der Waals surface area (Å²) in [5, 5.41) is 0. The number of aldehydes is 1. The molecule has 1 atom stereocenters. The molecule has 2 N–H and O–H groups in total. The minimum absolute atomic E-state index is 0.0183. The summed E-state index contributed by atoms with van der Waals surface area (Å²) in [5.41, 5.74) is 5.18. The average Bonchev–Trinajstić information content (AvgIpc) is 2.65. The number of furan rings is 1. The molecule has 0 spiro atoms. The van der Waals surface area contributed by atoms with Crippen LogP contribution < -0.4 is 5.73 Å². The summed E-state index contributed by atoms with van der Waals surface area (Å²) < 4.78 is 9.08. The molecule has 0 fully saturated rings. The van der Waals surface area contributed by atoms with E-state index in [2.05, 4.69) is 4.74 Å². The van der Waals surface area contributed by atoms with E-state index >= 15 is 0 Å². The van der Waals surface area contributed by atoms with Gasteiger partial charge >= 0.3 is 11.9 Å². The van der Waals surface area contributed by atoms with Crippen molar-refractivity contribution in [2.45, 2.75) is 13.0 Å². The monoisotopic (exact) mass is 211 g/mol. The maximum atomic E-state index is 11.2.